The molecule has 0 aliphatic carbocycles. The zero-order chi connectivity index (χ0) is 20.8. The second-order valence-corrected chi connectivity index (χ2v) is 6.69. The van der Waals surface area contributed by atoms with Crippen LogP contribution in [0.4, 0.5) is 0 Å². The van der Waals surface area contributed by atoms with Crippen LogP contribution >= 0.6 is 0 Å². The first kappa shape index (κ1) is 20.3. The Kier molecular flexibility index (Phi) is 6.44. The van der Waals surface area contributed by atoms with Crippen LogP contribution in [0.15, 0.2) is 57.7 Å². The van der Waals surface area contributed by atoms with E-state index in [9.17, 15) is 14.4 Å². The van der Waals surface area contributed by atoms with E-state index in [1.165, 1.54) is 0 Å². The number of hydrogen-bond acceptors (Lipinski definition) is 5. The molecule has 0 atom stereocenters. The average Bonchev–Trinajstić information content (AvgIpc) is 2.75. The Morgan fingerprint density at radius 2 is 1.83 bits per heavy atom. The molecule has 0 bridgehead atoms. The number of nitrogens with one attached hydrogen (secondary N) is 1. The van der Waals surface area contributed by atoms with E-state index >= 15 is 0 Å². The topological polar surface area (TPSA) is 85.6 Å². The maximum Gasteiger partial charge on any atom is 0.325 e. The summed E-state index contributed by atoms with van der Waals surface area (Å²) in [6.45, 7) is 3.77. The summed E-state index contributed by atoms with van der Waals surface area (Å²) >= 11 is 0. The Morgan fingerprint density at radius 1 is 1.07 bits per heavy atom. The molecule has 3 aromatic rings. The van der Waals surface area contributed by atoms with Crippen molar-refractivity contribution < 1.29 is 18.7 Å². The number of benzene rings is 2. The second kappa shape index (κ2) is 9.19. The van der Waals surface area contributed by atoms with Gasteiger partial charge in [0.1, 0.15) is 12.3 Å². The minimum absolute atomic E-state index is 0.193. The summed E-state index contributed by atoms with van der Waals surface area (Å²) in [6.07, 6.45) is 1.69. The van der Waals surface area contributed by atoms with Crippen molar-refractivity contribution in [3.63, 3.8) is 0 Å². The summed E-state index contributed by atoms with van der Waals surface area (Å²) in [4.78, 5) is 37.2. The summed E-state index contributed by atoms with van der Waals surface area (Å²) < 4.78 is 11.1. The van der Waals surface area contributed by atoms with Crippen LogP contribution in [0.3, 0.4) is 0 Å². The fraction of sp³-hybridized carbons (Fsp3) is 0.261. The number of unbranched alkanes of at least 4 members (excludes halogenated alkanes) is 1. The van der Waals surface area contributed by atoms with E-state index in [1.54, 1.807) is 25.1 Å². The van der Waals surface area contributed by atoms with Gasteiger partial charge in [-0.15, -0.1) is 0 Å². The number of carbonyl (C=O) groups excluding carboxylic acids is 2. The van der Waals surface area contributed by atoms with Gasteiger partial charge in [0, 0.05) is 11.1 Å². The van der Waals surface area contributed by atoms with Crippen molar-refractivity contribution in [3.8, 4) is 11.3 Å². The van der Waals surface area contributed by atoms with Gasteiger partial charge in [-0.25, -0.2) is 0 Å². The number of ether oxygens (including phenoxy) is 1. The van der Waals surface area contributed by atoms with Crippen molar-refractivity contribution in [2.45, 2.75) is 26.7 Å². The Labute approximate surface area is 168 Å². The van der Waals surface area contributed by atoms with Gasteiger partial charge >= 0.3 is 5.97 Å². The molecule has 0 radical (unpaired) electrons. The van der Waals surface area contributed by atoms with Gasteiger partial charge < -0.3 is 14.5 Å². The van der Waals surface area contributed by atoms with Crippen molar-refractivity contribution in [3.05, 3.63) is 69.9 Å². The molecule has 2 aromatic carbocycles. The number of esters is 1. The van der Waals surface area contributed by atoms with Crippen LogP contribution in [0.2, 0.25) is 0 Å². The van der Waals surface area contributed by atoms with Gasteiger partial charge in [-0.3, -0.25) is 14.4 Å². The minimum atomic E-state index is -0.506. The lowest BCUT2D eigenvalue weighted by Crippen LogP contribution is -2.31. The Balaban J connectivity index is 1.92. The van der Waals surface area contributed by atoms with Gasteiger partial charge in [0.25, 0.3) is 5.91 Å². The standard InChI is InChI=1S/C23H23NO5/c1-3-4-13-28-19(25)14-24-23(27)18-12-8-11-17-20(26)15(2)21(29-22(17)18)16-9-6-5-7-10-16/h5-12H,3-4,13-14H2,1-2H3,(H,24,27). The number of rotatable bonds is 7. The van der Waals surface area contributed by atoms with E-state index in [0.717, 1.165) is 18.4 Å². The molecule has 1 heterocycles. The summed E-state index contributed by atoms with van der Waals surface area (Å²) in [7, 11) is 0. The molecule has 0 unspecified atom stereocenters. The lowest BCUT2D eigenvalue weighted by molar-refractivity contribution is -0.142. The van der Waals surface area contributed by atoms with Gasteiger partial charge in [0.15, 0.2) is 11.0 Å². The predicted molar refractivity (Wildman–Crippen MR) is 111 cm³/mol. The lowest BCUT2D eigenvalue weighted by atomic mass is 10.0. The summed E-state index contributed by atoms with van der Waals surface area (Å²) in [5.41, 5.74) is 1.41. The Hall–Kier alpha value is -3.41. The van der Waals surface area contributed by atoms with E-state index in [-0.39, 0.29) is 23.1 Å². The highest BCUT2D eigenvalue weighted by molar-refractivity contribution is 6.05. The van der Waals surface area contributed by atoms with Crippen molar-refractivity contribution >= 4 is 22.8 Å². The molecule has 0 fully saturated rings. The Morgan fingerprint density at radius 3 is 2.55 bits per heavy atom. The molecular weight excluding hydrogens is 370 g/mol. The molecule has 1 N–H and O–H groups in total. The van der Waals surface area contributed by atoms with Gasteiger partial charge in [-0.2, -0.15) is 0 Å². The van der Waals surface area contributed by atoms with Crippen LogP contribution in [-0.2, 0) is 9.53 Å². The van der Waals surface area contributed by atoms with Gasteiger partial charge in [-0.05, 0) is 25.5 Å². The van der Waals surface area contributed by atoms with E-state index in [2.05, 4.69) is 5.32 Å². The molecule has 6 heteroatoms. The molecule has 0 aliphatic heterocycles. The van der Waals surface area contributed by atoms with Crippen LogP contribution in [0, 0.1) is 6.92 Å². The smallest absolute Gasteiger partial charge is 0.325 e. The second-order valence-electron chi connectivity index (χ2n) is 6.69. The number of para-hydroxylation sites is 1. The number of carbonyl (C=O) groups is 2. The highest BCUT2D eigenvalue weighted by atomic mass is 16.5. The third-order valence-electron chi connectivity index (χ3n) is 4.58. The molecule has 1 amide bonds. The quantitative estimate of drug-likeness (QED) is 0.487. The first-order chi connectivity index (χ1) is 14.0. The summed E-state index contributed by atoms with van der Waals surface area (Å²) in [5, 5.41) is 2.86. The third-order valence-corrected chi connectivity index (χ3v) is 4.58. The van der Waals surface area contributed by atoms with E-state index < -0.39 is 11.9 Å². The van der Waals surface area contributed by atoms with Gasteiger partial charge in [-0.1, -0.05) is 49.7 Å². The van der Waals surface area contributed by atoms with Gasteiger partial charge in [0.2, 0.25) is 0 Å². The zero-order valence-corrected chi connectivity index (χ0v) is 16.5. The summed E-state index contributed by atoms with van der Waals surface area (Å²) in [5.74, 6) is -0.592. The maximum absolute atomic E-state index is 12.8. The molecule has 0 saturated heterocycles. The Bertz CT molecular complexity index is 1090. The molecule has 6 nitrogen and oxygen atoms in total. The lowest BCUT2D eigenvalue weighted by Gasteiger charge is -2.11. The highest BCUT2D eigenvalue weighted by Crippen LogP contribution is 2.27. The third kappa shape index (κ3) is 4.54. The summed E-state index contributed by atoms with van der Waals surface area (Å²) in [6, 6.07) is 14.1. The maximum atomic E-state index is 12.8. The largest absolute Gasteiger partial charge is 0.464 e. The number of amides is 1. The molecule has 0 spiro atoms. The highest BCUT2D eigenvalue weighted by Gasteiger charge is 2.18. The fourth-order valence-electron chi connectivity index (χ4n) is 2.98. The van der Waals surface area contributed by atoms with Crippen LogP contribution in [0.25, 0.3) is 22.3 Å². The van der Waals surface area contributed by atoms with Crippen molar-refractivity contribution in [1.82, 2.24) is 5.32 Å². The number of hydrogen-bond donors (Lipinski definition) is 1. The van der Waals surface area contributed by atoms with Crippen molar-refractivity contribution in [1.29, 1.82) is 0 Å². The van der Waals surface area contributed by atoms with Crippen LogP contribution in [-0.4, -0.2) is 25.0 Å². The van der Waals surface area contributed by atoms with E-state index in [1.807, 2.05) is 37.3 Å². The molecule has 0 saturated carbocycles. The minimum Gasteiger partial charge on any atom is -0.464 e. The molecule has 3 rings (SSSR count). The molecule has 150 valence electrons. The average molecular weight is 393 g/mol. The fourth-order valence-corrected chi connectivity index (χ4v) is 2.98. The first-order valence-electron chi connectivity index (χ1n) is 9.58. The van der Waals surface area contributed by atoms with E-state index in [4.69, 9.17) is 9.15 Å². The monoisotopic (exact) mass is 393 g/mol. The molecule has 29 heavy (non-hydrogen) atoms. The SMILES string of the molecule is CCCCOC(=O)CNC(=O)c1cccc2c(=O)c(C)c(-c3ccccc3)oc12. The normalized spacial score (nSPS) is 10.7. The number of fused-ring (bicyclic) bond motifs is 1. The van der Waals surface area contributed by atoms with Crippen LogP contribution in [0.1, 0.15) is 35.7 Å². The van der Waals surface area contributed by atoms with Crippen molar-refractivity contribution in [2.75, 3.05) is 13.2 Å². The van der Waals surface area contributed by atoms with Gasteiger partial charge in [0.05, 0.1) is 17.6 Å². The molecule has 1 aromatic heterocycles. The zero-order valence-electron chi connectivity index (χ0n) is 16.5. The molecular formula is C23H23NO5. The van der Waals surface area contributed by atoms with Crippen LogP contribution < -0.4 is 10.7 Å². The predicted octanol–water partition coefficient (Wildman–Crippen LogP) is 3.84. The van der Waals surface area contributed by atoms with E-state index in [0.29, 0.717) is 23.3 Å². The van der Waals surface area contributed by atoms with Crippen molar-refractivity contribution in [2.24, 2.45) is 0 Å². The molecule has 0 aliphatic rings. The van der Waals surface area contributed by atoms with Crippen LogP contribution in [0.5, 0.6) is 0 Å². The first-order valence-corrected chi connectivity index (χ1v) is 9.58.